The van der Waals surface area contributed by atoms with Crippen molar-refractivity contribution in [3.8, 4) is 0 Å². The maximum absolute atomic E-state index is 11.9. The number of aliphatic hydroxyl groups excluding tert-OH is 1. The second-order valence-electron chi connectivity index (χ2n) is 4.31. The van der Waals surface area contributed by atoms with Crippen molar-refractivity contribution < 1.29 is 19.8 Å². The highest BCUT2D eigenvalue weighted by atomic mass is 16.4. The van der Waals surface area contributed by atoms with Crippen LogP contribution in [0.5, 0.6) is 0 Å². The number of nitrogens with one attached hydrogen (secondary N) is 1. The number of aliphatic hydroxyl groups is 1. The van der Waals surface area contributed by atoms with Gasteiger partial charge in [-0.25, -0.2) is 4.79 Å². The van der Waals surface area contributed by atoms with Gasteiger partial charge in [-0.05, 0) is 5.56 Å². The van der Waals surface area contributed by atoms with E-state index >= 15 is 0 Å². The SMILES string of the molecule is CC(C(=O)NC(CO)C(=O)O)C(N)c1ccccc1. The third-order valence-electron chi connectivity index (χ3n) is 2.93. The van der Waals surface area contributed by atoms with E-state index in [1.54, 1.807) is 19.1 Å². The molecule has 0 heterocycles. The molecule has 6 heteroatoms. The largest absolute Gasteiger partial charge is 0.480 e. The van der Waals surface area contributed by atoms with Crippen LogP contribution >= 0.6 is 0 Å². The molecule has 0 fully saturated rings. The Morgan fingerprint density at radius 3 is 2.37 bits per heavy atom. The van der Waals surface area contributed by atoms with Crippen molar-refractivity contribution in [2.45, 2.75) is 19.0 Å². The Kier molecular flexibility index (Phi) is 5.47. The van der Waals surface area contributed by atoms with Crippen molar-refractivity contribution in [1.29, 1.82) is 0 Å². The molecular formula is C13H18N2O4. The first-order chi connectivity index (χ1) is 8.97. The quantitative estimate of drug-likeness (QED) is 0.573. The van der Waals surface area contributed by atoms with E-state index in [-0.39, 0.29) is 0 Å². The van der Waals surface area contributed by atoms with E-state index < -0.39 is 36.5 Å². The van der Waals surface area contributed by atoms with Gasteiger partial charge in [0.15, 0.2) is 0 Å². The lowest BCUT2D eigenvalue weighted by atomic mass is 9.94. The lowest BCUT2D eigenvalue weighted by molar-refractivity contribution is -0.143. The summed E-state index contributed by atoms with van der Waals surface area (Å²) in [6.45, 7) is 0.956. The highest BCUT2D eigenvalue weighted by Crippen LogP contribution is 2.19. The number of carbonyl (C=O) groups is 2. The first kappa shape index (κ1) is 15.1. The molecule has 1 amide bonds. The molecular weight excluding hydrogens is 248 g/mol. The minimum absolute atomic E-state index is 0.502. The number of aliphatic carboxylic acids is 1. The molecule has 104 valence electrons. The summed E-state index contributed by atoms with van der Waals surface area (Å²) in [4.78, 5) is 22.6. The average molecular weight is 266 g/mol. The zero-order valence-corrected chi connectivity index (χ0v) is 10.6. The number of benzene rings is 1. The zero-order chi connectivity index (χ0) is 14.4. The molecule has 1 rings (SSSR count). The number of carboxylic acids is 1. The van der Waals surface area contributed by atoms with Gasteiger partial charge in [0.05, 0.1) is 12.5 Å². The molecule has 0 saturated heterocycles. The fraction of sp³-hybridized carbons (Fsp3) is 0.385. The van der Waals surface area contributed by atoms with Crippen LogP contribution in [-0.4, -0.2) is 34.7 Å². The summed E-state index contributed by atoms with van der Waals surface area (Å²) < 4.78 is 0. The van der Waals surface area contributed by atoms with E-state index in [2.05, 4.69) is 5.32 Å². The summed E-state index contributed by atoms with van der Waals surface area (Å²) in [6.07, 6.45) is 0. The first-order valence-electron chi connectivity index (χ1n) is 5.92. The van der Waals surface area contributed by atoms with Gasteiger partial charge >= 0.3 is 5.97 Å². The van der Waals surface area contributed by atoms with E-state index in [1.807, 2.05) is 18.2 Å². The lowest BCUT2D eigenvalue weighted by Crippen LogP contribution is -2.47. The first-order valence-corrected chi connectivity index (χ1v) is 5.92. The molecule has 1 aromatic carbocycles. The molecule has 3 atom stereocenters. The highest BCUT2D eigenvalue weighted by molar-refractivity contribution is 5.85. The monoisotopic (exact) mass is 266 g/mol. The molecule has 0 aliphatic heterocycles. The van der Waals surface area contributed by atoms with Crippen LogP contribution in [-0.2, 0) is 9.59 Å². The average Bonchev–Trinajstić information content (AvgIpc) is 2.43. The van der Waals surface area contributed by atoms with Gasteiger partial charge in [-0.15, -0.1) is 0 Å². The van der Waals surface area contributed by atoms with Gasteiger partial charge in [-0.3, -0.25) is 4.79 Å². The van der Waals surface area contributed by atoms with E-state index in [4.69, 9.17) is 15.9 Å². The predicted molar refractivity (Wildman–Crippen MR) is 69.2 cm³/mol. The van der Waals surface area contributed by atoms with Gasteiger partial charge in [-0.2, -0.15) is 0 Å². The van der Waals surface area contributed by atoms with Crippen LogP contribution in [0.1, 0.15) is 18.5 Å². The summed E-state index contributed by atoms with van der Waals surface area (Å²) in [5.41, 5.74) is 6.75. The number of nitrogens with two attached hydrogens (primary N) is 1. The molecule has 0 aliphatic carbocycles. The van der Waals surface area contributed by atoms with Crippen molar-refractivity contribution in [2.75, 3.05) is 6.61 Å². The molecule has 1 aromatic rings. The minimum atomic E-state index is -1.31. The van der Waals surface area contributed by atoms with Crippen LogP contribution in [0.15, 0.2) is 30.3 Å². The van der Waals surface area contributed by atoms with Crippen molar-refractivity contribution in [3.05, 3.63) is 35.9 Å². The Balaban J connectivity index is 2.69. The number of hydrogen-bond acceptors (Lipinski definition) is 4. The minimum Gasteiger partial charge on any atom is -0.480 e. The third kappa shape index (κ3) is 4.04. The smallest absolute Gasteiger partial charge is 0.328 e. The van der Waals surface area contributed by atoms with Gasteiger partial charge in [0, 0.05) is 6.04 Å². The van der Waals surface area contributed by atoms with Crippen molar-refractivity contribution in [3.63, 3.8) is 0 Å². The summed E-state index contributed by atoms with van der Waals surface area (Å²) in [6, 6.07) is 7.23. The Labute approximate surface area is 111 Å². The van der Waals surface area contributed by atoms with Crippen molar-refractivity contribution in [2.24, 2.45) is 11.7 Å². The Morgan fingerprint density at radius 1 is 1.32 bits per heavy atom. The van der Waals surface area contributed by atoms with Crippen LogP contribution < -0.4 is 11.1 Å². The maximum Gasteiger partial charge on any atom is 0.328 e. The molecule has 19 heavy (non-hydrogen) atoms. The Bertz CT molecular complexity index is 436. The van der Waals surface area contributed by atoms with Crippen LogP contribution in [0.3, 0.4) is 0 Å². The Hall–Kier alpha value is -1.92. The molecule has 5 N–H and O–H groups in total. The topological polar surface area (TPSA) is 113 Å². The summed E-state index contributed by atoms with van der Waals surface area (Å²) in [7, 11) is 0. The van der Waals surface area contributed by atoms with Gasteiger partial charge in [0.1, 0.15) is 6.04 Å². The zero-order valence-electron chi connectivity index (χ0n) is 10.6. The normalized spacial score (nSPS) is 15.3. The van der Waals surface area contributed by atoms with Gasteiger partial charge in [0.25, 0.3) is 0 Å². The third-order valence-corrected chi connectivity index (χ3v) is 2.93. The molecule has 6 nitrogen and oxygen atoms in total. The van der Waals surface area contributed by atoms with E-state index in [1.165, 1.54) is 0 Å². The number of carbonyl (C=O) groups excluding carboxylic acids is 1. The van der Waals surface area contributed by atoms with Gasteiger partial charge in [-0.1, -0.05) is 37.3 Å². The molecule has 0 radical (unpaired) electrons. The van der Waals surface area contributed by atoms with Crippen LogP contribution in [0, 0.1) is 5.92 Å². The van der Waals surface area contributed by atoms with Gasteiger partial charge < -0.3 is 21.3 Å². The summed E-state index contributed by atoms with van der Waals surface area (Å²) in [5.74, 6) is -2.38. The van der Waals surface area contributed by atoms with E-state index in [0.717, 1.165) is 5.56 Å². The number of hydrogen-bond donors (Lipinski definition) is 4. The molecule has 0 aromatic heterocycles. The standard InChI is InChI=1S/C13H18N2O4/c1-8(11(14)9-5-3-2-4-6-9)12(17)15-10(7-16)13(18)19/h2-6,8,10-11,16H,7,14H2,1H3,(H,15,17)(H,18,19). The van der Waals surface area contributed by atoms with Crippen molar-refractivity contribution >= 4 is 11.9 Å². The molecule has 0 spiro atoms. The molecule has 0 bridgehead atoms. The Morgan fingerprint density at radius 2 is 1.89 bits per heavy atom. The second-order valence-corrected chi connectivity index (χ2v) is 4.31. The van der Waals surface area contributed by atoms with Gasteiger partial charge in [0.2, 0.25) is 5.91 Å². The van der Waals surface area contributed by atoms with Crippen LogP contribution in [0.4, 0.5) is 0 Å². The number of rotatable bonds is 6. The van der Waals surface area contributed by atoms with E-state index in [0.29, 0.717) is 0 Å². The fourth-order valence-electron chi connectivity index (χ4n) is 1.62. The molecule has 3 unspecified atom stereocenters. The summed E-state index contributed by atoms with van der Waals surface area (Å²) >= 11 is 0. The van der Waals surface area contributed by atoms with E-state index in [9.17, 15) is 9.59 Å². The molecule has 0 saturated carbocycles. The van der Waals surface area contributed by atoms with Crippen LogP contribution in [0.25, 0.3) is 0 Å². The molecule has 0 aliphatic rings. The second kappa shape index (κ2) is 6.86. The summed E-state index contributed by atoms with van der Waals surface area (Å²) in [5, 5.41) is 19.9. The predicted octanol–water partition coefficient (Wildman–Crippen LogP) is -0.116. The van der Waals surface area contributed by atoms with Crippen molar-refractivity contribution in [1.82, 2.24) is 5.32 Å². The fourth-order valence-corrected chi connectivity index (χ4v) is 1.62. The maximum atomic E-state index is 11.9. The van der Waals surface area contributed by atoms with Crippen LogP contribution in [0.2, 0.25) is 0 Å². The lowest BCUT2D eigenvalue weighted by Gasteiger charge is -2.21. The number of amides is 1. The highest BCUT2D eigenvalue weighted by Gasteiger charge is 2.26. The number of carboxylic acid groups (broad SMARTS) is 1.